The van der Waals surface area contributed by atoms with Crippen molar-refractivity contribution in [3.05, 3.63) is 71.2 Å². The molecule has 138 valence electrons. The lowest BCUT2D eigenvalue weighted by atomic mass is 9.89. The first kappa shape index (κ1) is 17.0. The second-order valence-electron chi connectivity index (χ2n) is 6.72. The Labute approximate surface area is 162 Å². The van der Waals surface area contributed by atoms with Gasteiger partial charge >= 0.3 is 0 Å². The third-order valence-corrected chi connectivity index (χ3v) is 7.04. The summed E-state index contributed by atoms with van der Waals surface area (Å²) in [6.07, 6.45) is 0. The molecular formula is C20H16ClNO4S. The molecule has 0 spiro atoms. The average Bonchev–Trinajstić information content (AvgIpc) is 3.13. The largest absolute Gasteiger partial charge is 0.493 e. The Bertz CT molecular complexity index is 1130. The van der Waals surface area contributed by atoms with Crippen molar-refractivity contribution in [1.82, 2.24) is 4.47 Å². The molecule has 0 amide bonds. The van der Waals surface area contributed by atoms with Crippen LogP contribution in [0.1, 0.15) is 11.6 Å². The molecule has 0 radical (unpaired) electrons. The highest BCUT2D eigenvalue weighted by Gasteiger charge is 2.48. The molecule has 3 aromatic carbocycles. The first-order valence-electron chi connectivity index (χ1n) is 8.63. The van der Waals surface area contributed by atoms with Crippen LogP contribution in [0.4, 0.5) is 0 Å². The number of sulfonamides is 1. The quantitative estimate of drug-likeness (QED) is 0.646. The van der Waals surface area contributed by atoms with Crippen LogP contribution in [-0.2, 0) is 14.9 Å². The zero-order valence-electron chi connectivity index (χ0n) is 14.2. The minimum Gasteiger partial charge on any atom is -0.493 e. The molecule has 1 fully saturated rings. The van der Waals surface area contributed by atoms with Crippen molar-refractivity contribution in [3.8, 4) is 5.75 Å². The van der Waals surface area contributed by atoms with Crippen LogP contribution in [0.15, 0.2) is 65.6 Å². The maximum absolute atomic E-state index is 13.3. The lowest BCUT2D eigenvalue weighted by Crippen LogP contribution is -2.35. The minimum atomic E-state index is -3.84. The van der Waals surface area contributed by atoms with E-state index in [1.54, 1.807) is 12.1 Å². The topological polar surface area (TPSA) is 55.8 Å². The lowest BCUT2D eigenvalue weighted by molar-refractivity contribution is -0.0499. The fraction of sp³-hybridized carbons (Fsp3) is 0.200. The van der Waals surface area contributed by atoms with Crippen molar-refractivity contribution in [1.29, 1.82) is 0 Å². The molecule has 1 saturated heterocycles. The van der Waals surface area contributed by atoms with Gasteiger partial charge in [0.15, 0.2) is 0 Å². The summed E-state index contributed by atoms with van der Waals surface area (Å²) in [5.74, 6) is 0.641. The molecule has 2 atom stereocenters. The predicted molar refractivity (Wildman–Crippen MR) is 102 cm³/mol. The maximum Gasteiger partial charge on any atom is 0.265 e. The van der Waals surface area contributed by atoms with Crippen LogP contribution in [0.3, 0.4) is 0 Å². The predicted octanol–water partition coefficient (Wildman–Crippen LogP) is 4.18. The number of rotatable bonds is 2. The molecule has 0 N–H and O–H groups in total. The Morgan fingerprint density at radius 3 is 2.56 bits per heavy atom. The van der Waals surface area contributed by atoms with Gasteiger partial charge in [-0.2, -0.15) is 0 Å². The first-order valence-corrected chi connectivity index (χ1v) is 10.4. The van der Waals surface area contributed by atoms with Crippen molar-refractivity contribution in [2.45, 2.75) is 10.9 Å². The molecule has 3 aromatic rings. The van der Waals surface area contributed by atoms with Gasteiger partial charge in [0.1, 0.15) is 5.75 Å². The molecule has 5 nitrogen and oxygen atoms in total. The second-order valence-corrected chi connectivity index (χ2v) is 8.94. The maximum atomic E-state index is 13.3. The van der Waals surface area contributed by atoms with Crippen LogP contribution >= 0.6 is 11.6 Å². The zero-order chi connectivity index (χ0) is 18.6. The van der Waals surface area contributed by atoms with Gasteiger partial charge < -0.3 is 4.74 Å². The van der Waals surface area contributed by atoms with Crippen LogP contribution < -0.4 is 4.74 Å². The number of ether oxygens (including phenoxy) is 1. The second kappa shape index (κ2) is 6.21. The zero-order valence-corrected chi connectivity index (χ0v) is 15.8. The van der Waals surface area contributed by atoms with Crippen LogP contribution in [0, 0.1) is 5.92 Å². The van der Waals surface area contributed by atoms with E-state index in [2.05, 4.69) is 0 Å². The average molecular weight is 402 g/mol. The molecule has 0 saturated carbocycles. The molecule has 2 aliphatic rings. The Morgan fingerprint density at radius 2 is 1.74 bits per heavy atom. The first-order chi connectivity index (χ1) is 13.1. The Morgan fingerprint density at radius 1 is 0.963 bits per heavy atom. The van der Waals surface area contributed by atoms with Crippen LogP contribution in [0.25, 0.3) is 10.8 Å². The summed E-state index contributed by atoms with van der Waals surface area (Å²) < 4.78 is 33.6. The van der Waals surface area contributed by atoms with Crippen LogP contribution in [0.2, 0.25) is 5.02 Å². The molecule has 0 aromatic heterocycles. The van der Waals surface area contributed by atoms with Gasteiger partial charge in [-0.05, 0) is 41.1 Å². The summed E-state index contributed by atoms with van der Waals surface area (Å²) in [4.78, 5) is 5.84. The number of fused-ring (bicyclic) bond motifs is 5. The summed E-state index contributed by atoms with van der Waals surface area (Å²) >= 11 is 5.91. The smallest absolute Gasteiger partial charge is 0.265 e. The van der Waals surface area contributed by atoms with Crippen molar-refractivity contribution in [2.24, 2.45) is 5.92 Å². The lowest BCUT2D eigenvalue weighted by Gasteiger charge is -2.32. The fourth-order valence-corrected chi connectivity index (χ4v) is 5.42. The van der Waals surface area contributed by atoms with Gasteiger partial charge in [0.05, 0.1) is 24.2 Å². The summed E-state index contributed by atoms with van der Waals surface area (Å²) in [5.41, 5.74) is 0.861. The van der Waals surface area contributed by atoms with Gasteiger partial charge in [-0.15, -0.1) is 0 Å². The normalized spacial score (nSPS) is 22.3. The van der Waals surface area contributed by atoms with E-state index in [0.717, 1.165) is 20.8 Å². The molecule has 5 rings (SSSR count). The van der Waals surface area contributed by atoms with Crippen LogP contribution in [-0.4, -0.2) is 26.1 Å². The van der Waals surface area contributed by atoms with E-state index in [0.29, 0.717) is 24.0 Å². The number of hydrogen-bond donors (Lipinski definition) is 0. The van der Waals surface area contributed by atoms with Crippen molar-refractivity contribution < 1.29 is 18.0 Å². The Hall–Kier alpha value is -2.12. The van der Waals surface area contributed by atoms with Gasteiger partial charge in [-0.1, -0.05) is 46.4 Å². The number of hydrogen-bond acceptors (Lipinski definition) is 4. The standard InChI is InChI=1S/C20H16ClNO4S/c21-15-6-8-16(9-7-15)27(23,24)22-20-14(12-26-22)11-25-18-10-5-13-3-1-2-4-17(13)19(18)20/h1-10,14,20H,11-12H2. The summed E-state index contributed by atoms with van der Waals surface area (Å²) in [5, 5.41) is 2.50. The van der Waals surface area contributed by atoms with Gasteiger partial charge in [0, 0.05) is 16.5 Å². The number of nitrogens with zero attached hydrogens (tertiary/aromatic N) is 1. The Kier molecular flexibility index (Phi) is 3.91. The molecule has 2 heterocycles. The van der Waals surface area contributed by atoms with Crippen molar-refractivity contribution in [3.63, 3.8) is 0 Å². The monoisotopic (exact) mass is 401 g/mol. The van der Waals surface area contributed by atoms with E-state index < -0.39 is 16.1 Å². The highest BCUT2D eigenvalue weighted by molar-refractivity contribution is 7.89. The highest BCUT2D eigenvalue weighted by Crippen LogP contribution is 2.48. The molecule has 0 aliphatic carbocycles. The van der Waals surface area contributed by atoms with Gasteiger partial charge in [0.2, 0.25) is 0 Å². The van der Waals surface area contributed by atoms with Gasteiger partial charge in [-0.25, -0.2) is 8.42 Å². The molecule has 2 unspecified atom stereocenters. The van der Waals surface area contributed by atoms with E-state index in [4.69, 9.17) is 21.2 Å². The summed E-state index contributed by atoms with van der Waals surface area (Å²) in [6, 6.07) is 17.5. The number of halogens is 1. The van der Waals surface area contributed by atoms with E-state index in [1.165, 1.54) is 12.1 Å². The van der Waals surface area contributed by atoms with E-state index >= 15 is 0 Å². The Balaban J connectivity index is 1.67. The van der Waals surface area contributed by atoms with Crippen molar-refractivity contribution >= 4 is 32.4 Å². The van der Waals surface area contributed by atoms with Gasteiger partial charge in [-0.3, -0.25) is 4.84 Å². The minimum absolute atomic E-state index is 0.0645. The van der Waals surface area contributed by atoms with E-state index in [9.17, 15) is 8.42 Å². The van der Waals surface area contributed by atoms with Crippen LogP contribution in [0.5, 0.6) is 5.75 Å². The number of benzene rings is 3. The highest BCUT2D eigenvalue weighted by atomic mass is 35.5. The SMILES string of the molecule is O=S(=O)(c1ccc(Cl)cc1)N1OCC2COc3ccc4ccccc4c3C21. The molecule has 27 heavy (non-hydrogen) atoms. The third kappa shape index (κ3) is 2.63. The third-order valence-electron chi connectivity index (χ3n) is 5.12. The number of hydroxylamine groups is 1. The van der Waals surface area contributed by atoms with E-state index in [1.807, 2.05) is 36.4 Å². The molecule has 7 heteroatoms. The van der Waals surface area contributed by atoms with Gasteiger partial charge in [0.25, 0.3) is 10.0 Å². The molecule has 0 bridgehead atoms. The fourth-order valence-electron chi connectivity index (χ4n) is 3.83. The van der Waals surface area contributed by atoms with Crippen molar-refractivity contribution in [2.75, 3.05) is 13.2 Å². The molecule has 2 aliphatic heterocycles. The summed E-state index contributed by atoms with van der Waals surface area (Å²) in [7, 11) is -3.84. The molecular weight excluding hydrogens is 386 g/mol. The van der Waals surface area contributed by atoms with E-state index in [-0.39, 0.29) is 10.8 Å². The summed E-state index contributed by atoms with van der Waals surface area (Å²) in [6.45, 7) is 0.711.